The summed E-state index contributed by atoms with van der Waals surface area (Å²) in [7, 11) is 0. The molecule has 0 atom stereocenters. The van der Waals surface area contributed by atoms with Crippen LogP contribution in [0.5, 0.6) is 0 Å². The Hall–Kier alpha value is -1.79. The third kappa shape index (κ3) is 4.14. The Labute approximate surface area is 148 Å². The lowest BCUT2D eigenvalue weighted by Gasteiger charge is -2.17. The number of hydrogen-bond acceptors (Lipinski definition) is 3. The molecule has 23 heavy (non-hydrogen) atoms. The van der Waals surface area contributed by atoms with Gasteiger partial charge in [0.15, 0.2) is 0 Å². The van der Waals surface area contributed by atoms with Crippen LogP contribution in [0.1, 0.15) is 17.5 Å². The van der Waals surface area contributed by atoms with E-state index in [0.29, 0.717) is 0 Å². The standard InChI is InChI=1S/C17H17BrN4S/c1-11-2-5-13(6-3-11)20-17(19)22-21-15-8-9-23-16-7-4-12(18)10-14(15)16/h2-7,10H,8-9H2,1H3,(H3,19,20,22)/b21-15+. The predicted molar refractivity (Wildman–Crippen MR) is 102 cm³/mol. The molecule has 3 rings (SSSR count). The summed E-state index contributed by atoms with van der Waals surface area (Å²) in [5.74, 6) is 1.31. The molecule has 0 amide bonds. The number of fused-ring (bicyclic) bond motifs is 1. The molecule has 4 nitrogen and oxygen atoms in total. The van der Waals surface area contributed by atoms with Gasteiger partial charge in [-0.1, -0.05) is 33.6 Å². The Bertz CT molecular complexity index is 769. The molecule has 0 bridgehead atoms. The average molecular weight is 389 g/mol. The normalized spacial score (nSPS) is 16.3. The maximum absolute atomic E-state index is 5.93. The lowest BCUT2D eigenvalue weighted by Crippen LogP contribution is -2.28. The fourth-order valence-corrected chi connectivity index (χ4v) is 3.64. The number of nitrogens with two attached hydrogens (primary N) is 1. The average Bonchev–Trinajstić information content (AvgIpc) is 2.55. The zero-order valence-electron chi connectivity index (χ0n) is 12.7. The molecule has 0 unspecified atom stereocenters. The number of rotatable bonds is 2. The van der Waals surface area contributed by atoms with Crippen LogP contribution in [-0.4, -0.2) is 17.4 Å². The minimum absolute atomic E-state index is 0.288. The van der Waals surface area contributed by atoms with E-state index in [2.05, 4.69) is 49.6 Å². The minimum atomic E-state index is 0.288. The van der Waals surface area contributed by atoms with Crippen LogP contribution in [0.15, 0.2) is 61.9 Å². The molecule has 2 aromatic rings. The topological polar surface area (TPSA) is 62.8 Å². The number of guanidine groups is 1. The number of aryl methyl sites for hydroxylation is 1. The van der Waals surface area contributed by atoms with Crippen LogP contribution in [0.2, 0.25) is 0 Å². The summed E-state index contributed by atoms with van der Waals surface area (Å²) in [6, 6.07) is 14.1. The van der Waals surface area contributed by atoms with E-state index in [-0.39, 0.29) is 5.96 Å². The molecule has 1 aliphatic heterocycles. The smallest absolute Gasteiger partial charge is 0.214 e. The Morgan fingerprint density at radius 1 is 1.22 bits per heavy atom. The molecule has 0 saturated heterocycles. The monoisotopic (exact) mass is 388 g/mol. The first-order valence-electron chi connectivity index (χ1n) is 7.28. The number of nitrogens with one attached hydrogen (secondary N) is 1. The molecule has 0 spiro atoms. The summed E-state index contributed by atoms with van der Waals surface area (Å²) in [5, 5.41) is 4.46. The van der Waals surface area contributed by atoms with Gasteiger partial charge >= 0.3 is 0 Å². The van der Waals surface area contributed by atoms with Crippen molar-refractivity contribution in [3.8, 4) is 0 Å². The van der Waals surface area contributed by atoms with Crippen molar-refractivity contribution in [3.63, 3.8) is 0 Å². The van der Waals surface area contributed by atoms with E-state index in [4.69, 9.17) is 5.73 Å². The van der Waals surface area contributed by atoms with Crippen LogP contribution in [0, 0.1) is 6.92 Å². The van der Waals surface area contributed by atoms with Gasteiger partial charge in [0.05, 0.1) is 11.4 Å². The molecule has 1 aliphatic rings. The van der Waals surface area contributed by atoms with Gasteiger partial charge in [0.2, 0.25) is 5.96 Å². The van der Waals surface area contributed by atoms with Gasteiger partial charge in [-0.2, -0.15) is 5.10 Å². The van der Waals surface area contributed by atoms with Gasteiger partial charge in [-0.25, -0.2) is 10.4 Å². The van der Waals surface area contributed by atoms with Crippen LogP contribution >= 0.6 is 27.7 Å². The number of thioether (sulfide) groups is 1. The van der Waals surface area contributed by atoms with Crippen molar-refractivity contribution in [3.05, 3.63) is 58.1 Å². The number of aliphatic imine (C=N–C) groups is 1. The highest BCUT2D eigenvalue weighted by molar-refractivity contribution is 9.10. The second kappa shape index (κ2) is 7.19. The zero-order chi connectivity index (χ0) is 16.2. The lowest BCUT2D eigenvalue weighted by molar-refractivity contribution is 0.986. The number of benzene rings is 2. The fourth-order valence-electron chi connectivity index (χ4n) is 2.27. The molecular weight excluding hydrogens is 372 g/mol. The van der Waals surface area contributed by atoms with Crippen molar-refractivity contribution in [2.45, 2.75) is 18.2 Å². The van der Waals surface area contributed by atoms with Crippen LogP contribution in [0.25, 0.3) is 0 Å². The summed E-state index contributed by atoms with van der Waals surface area (Å²) in [5.41, 5.74) is 12.9. The fraction of sp³-hybridized carbons (Fsp3) is 0.176. The van der Waals surface area contributed by atoms with Crippen molar-refractivity contribution in [2.24, 2.45) is 15.8 Å². The van der Waals surface area contributed by atoms with Crippen molar-refractivity contribution in [1.29, 1.82) is 0 Å². The Morgan fingerprint density at radius 2 is 2.00 bits per heavy atom. The highest BCUT2D eigenvalue weighted by Gasteiger charge is 2.16. The quantitative estimate of drug-likeness (QED) is 0.460. The molecule has 0 saturated carbocycles. The Morgan fingerprint density at radius 3 is 2.78 bits per heavy atom. The Balaban J connectivity index is 1.78. The van der Waals surface area contributed by atoms with E-state index >= 15 is 0 Å². The third-order valence-electron chi connectivity index (χ3n) is 3.44. The molecular formula is C17H17BrN4S. The third-order valence-corrected chi connectivity index (χ3v) is 5.01. The first-order chi connectivity index (χ1) is 11.1. The van der Waals surface area contributed by atoms with Crippen molar-refractivity contribution in [2.75, 3.05) is 5.75 Å². The highest BCUT2D eigenvalue weighted by Crippen LogP contribution is 2.32. The van der Waals surface area contributed by atoms with Crippen molar-refractivity contribution in [1.82, 2.24) is 5.43 Å². The Kier molecular flexibility index (Phi) is 5.03. The molecule has 1 heterocycles. The number of hydrogen-bond donors (Lipinski definition) is 2. The second-order valence-corrected chi connectivity index (χ2v) is 7.29. The van der Waals surface area contributed by atoms with E-state index < -0.39 is 0 Å². The summed E-state index contributed by atoms with van der Waals surface area (Å²) in [4.78, 5) is 5.56. The lowest BCUT2D eigenvalue weighted by atomic mass is 10.1. The van der Waals surface area contributed by atoms with Crippen molar-refractivity contribution < 1.29 is 0 Å². The van der Waals surface area contributed by atoms with Gasteiger partial charge in [-0.15, -0.1) is 11.8 Å². The summed E-state index contributed by atoms with van der Waals surface area (Å²) >= 11 is 5.36. The van der Waals surface area contributed by atoms with Gasteiger partial charge in [0, 0.05) is 27.1 Å². The predicted octanol–water partition coefficient (Wildman–Crippen LogP) is 4.19. The second-order valence-electron chi connectivity index (χ2n) is 5.24. The van der Waals surface area contributed by atoms with Gasteiger partial charge in [0.1, 0.15) is 0 Å². The first kappa shape index (κ1) is 16.1. The van der Waals surface area contributed by atoms with E-state index in [1.807, 2.05) is 43.0 Å². The van der Waals surface area contributed by atoms with Crippen LogP contribution in [0.3, 0.4) is 0 Å². The van der Waals surface area contributed by atoms with E-state index in [1.165, 1.54) is 10.5 Å². The van der Waals surface area contributed by atoms with Gasteiger partial charge < -0.3 is 5.73 Å². The number of nitrogens with zero attached hydrogens (tertiary/aromatic N) is 2. The molecule has 118 valence electrons. The molecule has 0 aromatic heterocycles. The number of halogens is 1. The molecule has 0 radical (unpaired) electrons. The first-order valence-corrected chi connectivity index (χ1v) is 9.06. The minimum Gasteiger partial charge on any atom is -0.368 e. The molecule has 2 aromatic carbocycles. The maximum Gasteiger partial charge on any atom is 0.214 e. The van der Waals surface area contributed by atoms with Gasteiger partial charge in [0.25, 0.3) is 0 Å². The molecule has 6 heteroatoms. The largest absolute Gasteiger partial charge is 0.368 e. The SMILES string of the molecule is Cc1ccc(N=C(N)N/N=C2\CCSc3ccc(Br)cc32)cc1. The van der Waals surface area contributed by atoms with Gasteiger partial charge in [-0.3, -0.25) is 0 Å². The summed E-state index contributed by atoms with van der Waals surface area (Å²) < 4.78 is 1.05. The molecule has 0 fully saturated rings. The van der Waals surface area contributed by atoms with Crippen molar-refractivity contribution >= 4 is 45.1 Å². The van der Waals surface area contributed by atoms with Crippen LogP contribution in [-0.2, 0) is 0 Å². The maximum atomic E-state index is 5.93. The van der Waals surface area contributed by atoms with E-state index in [9.17, 15) is 0 Å². The highest BCUT2D eigenvalue weighted by atomic mass is 79.9. The van der Waals surface area contributed by atoms with E-state index in [0.717, 1.165) is 33.6 Å². The van der Waals surface area contributed by atoms with E-state index in [1.54, 1.807) is 0 Å². The molecule has 0 aliphatic carbocycles. The van der Waals surface area contributed by atoms with Crippen LogP contribution in [0.4, 0.5) is 5.69 Å². The van der Waals surface area contributed by atoms with Gasteiger partial charge in [-0.05, 0) is 37.3 Å². The number of hydrazone groups is 1. The summed E-state index contributed by atoms with van der Waals surface area (Å²) in [6.07, 6.45) is 0.902. The van der Waals surface area contributed by atoms with Crippen LogP contribution < -0.4 is 11.2 Å². The molecule has 3 N–H and O–H groups in total. The summed E-state index contributed by atoms with van der Waals surface area (Å²) in [6.45, 7) is 2.04. The zero-order valence-corrected chi connectivity index (χ0v) is 15.1.